The van der Waals surface area contributed by atoms with E-state index in [1.165, 1.54) is 6.07 Å². The Morgan fingerprint density at radius 3 is 2.89 bits per heavy atom. The van der Waals surface area contributed by atoms with E-state index in [4.69, 9.17) is 9.84 Å². The highest BCUT2D eigenvalue weighted by Crippen LogP contribution is 2.24. The van der Waals surface area contributed by atoms with E-state index in [9.17, 15) is 4.79 Å². The van der Waals surface area contributed by atoms with Gasteiger partial charge in [-0.2, -0.15) is 0 Å². The van der Waals surface area contributed by atoms with E-state index >= 15 is 0 Å². The van der Waals surface area contributed by atoms with Gasteiger partial charge in [0, 0.05) is 13.1 Å². The van der Waals surface area contributed by atoms with Crippen LogP contribution in [0.1, 0.15) is 31.3 Å². The van der Waals surface area contributed by atoms with Crippen molar-refractivity contribution in [2.75, 3.05) is 18.0 Å². The van der Waals surface area contributed by atoms with Gasteiger partial charge in [0.25, 0.3) is 0 Å². The molecule has 0 amide bonds. The number of hydrogen-bond acceptors (Lipinski definition) is 4. The third kappa shape index (κ3) is 2.79. The first-order chi connectivity index (χ1) is 8.37. The highest BCUT2D eigenvalue weighted by molar-refractivity contribution is 5.85. The number of carboxylic acids is 1. The summed E-state index contributed by atoms with van der Waals surface area (Å²) in [6, 6.07) is 5.06. The molecule has 18 heavy (non-hydrogen) atoms. The number of rotatable bonds is 2. The zero-order valence-electron chi connectivity index (χ0n) is 10.9. The van der Waals surface area contributed by atoms with Gasteiger partial charge in [-0.05, 0) is 32.9 Å². The number of hydrogen-bond donors (Lipinski definition) is 1. The third-order valence-corrected chi connectivity index (χ3v) is 2.85. The summed E-state index contributed by atoms with van der Waals surface area (Å²) in [6.07, 6.45) is 0.101. The average Bonchev–Trinajstić information content (AvgIpc) is 2.26. The van der Waals surface area contributed by atoms with Gasteiger partial charge >= 0.3 is 5.97 Å². The van der Waals surface area contributed by atoms with Crippen LogP contribution >= 0.6 is 0 Å². The van der Waals surface area contributed by atoms with E-state index in [1.807, 2.05) is 26.8 Å². The maximum Gasteiger partial charge on any atom is 0.354 e. The number of carbonyl (C=O) groups is 1. The fourth-order valence-corrected chi connectivity index (χ4v) is 2.35. The van der Waals surface area contributed by atoms with Gasteiger partial charge in [-0.1, -0.05) is 6.07 Å². The molecule has 2 heterocycles. The van der Waals surface area contributed by atoms with Gasteiger partial charge in [0.05, 0.1) is 11.7 Å². The normalized spacial score (nSPS) is 22.8. The zero-order chi connectivity index (χ0) is 13.3. The van der Waals surface area contributed by atoms with Gasteiger partial charge in [0.1, 0.15) is 5.82 Å². The molecule has 98 valence electrons. The van der Waals surface area contributed by atoms with Crippen LogP contribution in [0.2, 0.25) is 0 Å². The topological polar surface area (TPSA) is 62.7 Å². The molecule has 2 rings (SSSR count). The average molecular weight is 250 g/mol. The van der Waals surface area contributed by atoms with Crippen molar-refractivity contribution in [3.8, 4) is 0 Å². The van der Waals surface area contributed by atoms with Crippen LogP contribution in [0.15, 0.2) is 18.2 Å². The fourth-order valence-electron chi connectivity index (χ4n) is 2.35. The van der Waals surface area contributed by atoms with Crippen LogP contribution in [0.4, 0.5) is 5.82 Å². The van der Waals surface area contributed by atoms with Crippen LogP contribution < -0.4 is 4.90 Å². The number of aromatic carboxylic acids is 1. The van der Waals surface area contributed by atoms with Crippen LogP contribution in [-0.4, -0.2) is 40.9 Å². The van der Waals surface area contributed by atoms with Gasteiger partial charge in [-0.15, -0.1) is 0 Å². The molecule has 1 aliphatic heterocycles. The van der Waals surface area contributed by atoms with Crippen molar-refractivity contribution in [3.63, 3.8) is 0 Å². The zero-order valence-corrected chi connectivity index (χ0v) is 10.9. The number of pyridine rings is 1. The number of aromatic nitrogens is 1. The molecule has 1 aromatic rings. The minimum Gasteiger partial charge on any atom is -0.477 e. The highest BCUT2D eigenvalue weighted by atomic mass is 16.5. The van der Waals surface area contributed by atoms with E-state index in [0.29, 0.717) is 12.4 Å². The number of nitrogens with zero attached hydrogens (tertiary/aromatic N) is 2. The van der Waals surface area contributed by atoms with Crippen LogP contribution in [0.25, 0.3) is 0 Å². The smallest absolute Gasteiger partial charge is 0.354 e. The minimum absolute atomic E-state index is 0.0736. The summed E-state index contributed by atoms with van der Waals surface area (Å²) in [7, 11) is 0. The second kappa shape index (κ2) is 4.57. The first kappa shape index (κ1) is 12.8. The molecule has 5 heteroatoms. The Labute approximate surface area is 106 Å². The second-order valence-electron chi connectivity index (χ2n) is 5.25. The molecule has 1 aromatic heterocycles. The maximum atomic E-state index is 10.9. The van der Waals surface area contributed by atoms with E-state index in [1.54, 1.807) is 6.07 Å². The summed E-state index contributed by atoms with van der Waals surface area (Å²) < 4.78 is 5.82. The van der Waals surface area contributed by atoms with Crippen molar-refractivity contribution in [1.29, 1.82) is 0 Å². The lowest BCUT2D eigenvalue weighted by Gasteiger charge is -2.42. The molecule has 0 saturated carbocycles. The lowest BCUT2D eigenvalue weighted by molar-refractivity contribution is -0.0751. The molecule has 5 nitrogen and oxygen atoms in total. The molecule has 0 spiro atoms. The molecule has 0 aromatic carbocycles. The molecule has 1 fully saturated rings. The Balaban J connectivity index is 2.25. The summed E-state index contributed by atoms with van der Waals surface area (Å²) in [5.74, 6) is -0.310. The van der Waals surface area contributed by atoms with Gasteiger partial charge in [0.15, 0.2) is 5.69 Å². The molecule has 0 aliphatic carbocycles. The van der Waals surface area contributed by atoms with E-state index in [-0.39, 0.29) is 17.4 Å². The number of morpholine rings is 1. The van der Waals surface area contributed by atoms with Crippen LogP contribution in [-0.2, 0) is 4.74 Å². The second-order valence-corrected chi connectivity index (χ2v) is 5.25. The molecule has 1 saturated heterocycles. The lowest BCUT2D eigenvalue weighted by Crippen LogP contribution is -2.52. The molecule has 1 unspecified atom stereocenters. The standard InChI is InChI=1S/C13H18N2O3/c1-9-7-15(8-13(2,3)18-9)11-6-4-5-10(14-11)12(16)17/h4-6,9H,7-8H2,1-3H3,(H,16,17). The van der Waals surface area contributed by atoms with Gasteiger partial charge in [-0.25, -0.2) is 9.78 Å². The Morgan fingerprint density at radius 1 is 1.56 bits per heavy atom. The fraction of sp³-hybridized carbons (Fsp3) is 0.538. The largest absolute Gasteiger partial charge is 0.477 e. The lowest BCUT2D eigenvalue weighted by atomic mass is 10.1. The molecule has 1 atom stereocenters. The summed E-state index contributed by atoms with van der Waals surface area (Å²) in [4.78, 5) is 17.2. The molecule has 1 aliphatic rings. The summed E-state index contributed by atoms with van der Waals surface area (Å²) in [5, 5.41) is 8.96. The number of ether oxygens (including phenoxy) is 1. The van der Waals surface area contributed by atoms with Crippen LogP contribution in [0.5, 0.6) is 0 Å². The van der Waals surface area contributed by atoms with Crippen molar-refractivity contribution < 1.29 is 14.6 Å². The van der Waals surface area contributed by atoms with Gasteiger partial charge < -0.3 is 14.7 Å². The molecule has 0 bridgehead atoms. The first-order valence-corrected chi connectivity index (χ1v) is 6.00. The minimum atomic E-state index is -1.00. The van der Waals surface area contributed by atoms with E-state index < -0.39 is 5.97 Å². The van der Waals surface area contributed by atoms with Crippen molar-refractivity contribution >= 4 is 11.8 Å². The monoisotopic (exact) mass is 250 g/mol. The third-order valence-electron chi connectivity index (χ3n) is 2.85. The Bertz CT molecular complexity index is 459. The molecular weight excluding hydrogens is 232 g/mol. The van der Waals surface area contributed by atoms with Crippen molar-refractivity contribution in [2.24, 2.45) is 0 Å². The van der Waals surface area contributed by atoms with Crippen LogP contribution in [0, 0.1) is 0 Å². The Hall–Kier alpha value is -1.62. The first-order valence-electron chi connectivity index (χ1n) is 6.00. The van der Waals surface area contributed by atoms with Crippen molar-refractivity contribution in [1.82, 2.24) is 4.98 Å². The summed E-state index contributed by atoms with van der Waals surface area (Å²) in [6.45, 7) is 7.48. The number of anilines is 1. The SMILES string of the molecule is CC1CN(c2cccc(C(=O)O)n2)CC(C)(C)O1. The predicted molar refractivity (Wildman–Crippen MR) is 68.0 cm³/mol. The summed E-state index contributed by atoms with van der Waals surface area (Å²) >= 11 is 0. The predicted octanol–water partition coefficient (Wildman–Crippen LogP) is 1.78. The number of carboxylic acid groups (broad SMARTS) is 1. The van der Waals surface area contributed by atoms with E-state index in [0.717, 1.165) is 6.54 Å². The van der Waals surface area contributed by atoms with Gasteiger partial charge in [-0.3, -0.25) is 0 Å². The van der Waals surface area contributed by atoms with Crippen LogP contribution in [0.3, 0.4) is 0 Å². The van der Waals surface area contributed by atoms with Gasteiger partial charge in [0.2, 0.25) is 0 Å². The quantitative estimate of drug-likeness (QED) is 0.867. The maximum absolute atomic E-state index is 10.9. The van der Waals surface area contributed by atoms with E-state index in [2.05, 4.69) is 9.88 Å². The van der Waals surface area contributed by atoms with Crippen molar-refractivity contribution in [2.45, 2.75) is 32.5 Å². The molecule has 0 radical (unpaired) electrons. The molecular formula is C13H18N2O3. The Kier molecular flexibility index (Phi) is 3.26. The summed E-state index contributed by atoms with van der Waals surface area (Å²) in [5.41, 5.74) is -0.178. The van der Waals surface area contributed by atoms with Crippen molar-refractivity contribution in [3.05, 3.63) is 23.9 Å². The molecule has 1 N–H and O–H groups in total. The Morgan fingerprint density at radius 2 is 2.28 bits per heavy atom. The highest BCUT2D eigenvalue weighted by Gasteiger charge is 2.32.